The van der Waals surface area contributed by atoms with E-state index >= 15 is 0 Å². The number of carbonyl (C=O) groups excluding carboxylic acids is 1. The summed E-state index contributed by atoms with van der Waals surface area (Å²) in [4.78, 5) is 17.1. The second-order valence-corrected chi connectivity index (χ2v) is 7.10. The van der Waals surface area contributed by atoms with E-state index in [1.165, 1.54) is 40.1 Å². The Labute approximate surface area is 158 Å². The molecular formula is C23H21FN2O. The van der Waals surface area contributed by atoms with Crippen LogP contribution in [0.25, 0.3) is 11.1 Å². The van der Waals surface area contributed by atoms with E-state index in [0.29, 0.717) is 13.0 Å². The molecule has 0 saturated heterocycles. The highest BCUT2D eigenvalue weighted by molar-refractivity contribution is 5.79. The Bertz CT molecular complexity index is 1030. The van der Waals surface area contributed by atoms with Crippen LogP contribution in [0.2, 0.25) is 0 Å². The van der Waals surface area contributed by atoms with Crippen LogP contribution in [0.3, 0.4) is 0 Å². The van der Waals surface area contributed by atoms with Gasteiger partial charge in [0.1, 0.15) is 0 Å². The minimum Gasteiger partial charge on any atom is -0.342 e. The van der Waals surface area contributed by atoms with Gasteiger partial charge in [-0.3, -0.25) is 4.79 Å². The zero-order valence-corrected chi connectivity index (χ0v) is 15.5. The highest BCUT2D eigenvalue weighted by Crippen LogP contribution is 2.40. The fourth-order valence-electron chi connectivity index (χ4n) is 3.82. The van der Waals surface area contributed by atoms with Crippen molar-refractivity contribution in [2.24, 2.45) is 0 Å². The van der Waals surface area contributed by atoms with Crippen molar-refractivity contribution in [1.29, 1.82) is 0 Å². The molecule has 0 N–H and O–H groups in total. The molecule has 0 saturated carbocycles. The summed E-state index contributed by atoms with van der Waals surface area (Å²) >= 11 is 0. The van der Waals surface area contributed by atoms with Crippen LogP contribution < -0.4 is 0 Å². The van der Waals surface area contributed by atoms with Crippen LogP contribution in [-0.2, 0) is 24.2 Å². The van der Waals surface area contributed by atoms with E-state index in [2.05, 4.69) is 41.4 Å². The minimum absolute atomic E-state index is 0.0275. The van der Waals surface area contributed by atoms with Gasteiger partial charge in [0, 0.05) is 26.7 Å². The second kappa shape index (κ2) is 6.95. The highest BCUT2D eigenvalue weighted by Gasteiger charge is 2.23. The van der Waals surface area contributed by atoms with Gasteiger partial charge in [-0.15, -0.1) is 0 Å². The van der Waals surface area contributed by atoms with Gasteiger partial charge in [0.05, 0.1) is 0 Å². The molecule has 0 bridgehead atoms. The van der Waals surface area contributed by atoms with Gasteiger partial charge in [-0.25, -0.2) is 4.98 Å². The van der Waals surface area contributed by atoms with Crippen LogP contribution in [0.4, 0.5) is 4.39 Å². The zero-order valence-electron chi connectivity index (χ0n) is 15.5. The number of fused-ring (bicyclic) bond motifs is 3. The molecule has 4 heteroatoms. The van der Waals surface area contributed by atoms with Crippen molar-refractivity contribution in [2.45, 2.75) is 26.3 Å². The van der Waals surface area contributed by atoms with Gasteiger partial charge < -0.3 is 4.90 Å². The van der Waals surface area contributed by atoms with Crippen LogP contribution in [0, 0.1) is 5.95 Å². The summed E-state index contributed by atoms with van der Waals surface area (Å²) in [5, 5.41) is 0. The van der Waals surface area contributed by atoms with E-state index < -0.39 is 5.95 Å². The third-order valence-electron chi connectivity index (χ3n) is 5.32. The molecule has 0 radical (unpaired) electrons. The van der Waals surface area contributed by atoms with E-state index in [0.717, 1.165) is 17.5 Å². The van der Waals surface area contributed by atoms with E-state index in [1.54, 1.807) is 18.9 Å². The molecule has 3 nitrogen and oxygen atoms in total. The molecule has 27 heavy (non-hydrogen) atoms. The summed E-state index contributed by atoms with van der Waals surface area (Å²) in [7, 11) is 1.81. The SMILES string of the molecule is CC(=O)N(C)Cc1ccc2c(c1Cc1ccnc(F)c1)Cc1ccccc1-2. The number of halogens is 1. The number of benzene rings is 2. The van der Waals surface area contributed by atoms with Crippen LogP contribution in [0.1, 0.15) is 34.7 Å². The molecule has 1 aliphatic rings. The molecule has 136 valence electrons. The van der Waals surface area contributed by atoms with Crippen molar-refractivity contribution < 1.29 is 9.18 Å². The Kier molecular flexibility index (Phi) is 4.48. The molecule has 2 aromatic carbocycles. The number of carbonyl (C=O) groups is 1. The number of hydrogen-bond acceptors (Lipinski definition) is 2. The Morgan fingerprint density at radius 2 is 1.96 bits per heavy atom. The van der Waals surface area contributed by atoms with Crippen LogP contribution in [0.5, 0.6) is 0 Å². The lowest BCUT2D eigenvalue weighted by molar-refractivity contribution is -0.128. The third-order valence-corrected chi connectivity index (χ3v) is 5.32. The Balaban J connectivity index is 1.81. The van der Waals surface area contributed by atoms with Crippen molar-refractivity contribution >= 4 is 5.91 Å². The van der Waals surface area contributed by atoms with Crippen molar-refractivity contribution in [2.75, 3.05) is 7.05 Å². The number of pyridine rings is 1. The zero-order chi connectivity index (χ0) is 19.0. The maximum Gasteiger partial charge on any atom is 0.219 e. The summed E-state index contributed by atoms with van der Waals surface area (Å²) in [6, 6.07) is 16.0. The van der Waals surface area contributed by atoms with Gasteiger partial charge in [0.15, 0.2) is 0 Å². The maximum atomic E-state index is 13.6. The largest absolute Gasteiger partial charge is 0.342 e. The first kappa shape index (κ1) is 17.4. The van der Waals surface area contributed by atoms with Crippen molar-refractivity contribution in [3.63, 3.8) is 0 Å². The smallest absolute Gasteiger partial charge is 0.219 e. The van der Waals surface area contributed by atoms with Gasteiger partial charge in [0.25, 0.3) is 0 Å². The Morgan fingerprint density at radius 3 is 2.74 bits per heavy atom. The average molecular weight is 360 g/mol. The summed E-state index contributed by atoms with van der Waals surface area (Å²) in [6.45, 7) is 2.11. The second-order valence-electron chi connectivity index (χ2n) is 7.10. The van der Waals surface area contributed by atoms with Gasteiger partial charge in [-0.2, -0.15) is 4.39 Å². The van der Waals surface area contributed by atoms with Crippen molar-refractivity contribution in [1.82, 2.24) is 9.88 Å². The van der Waals surface area contributed by atoms with E-state index in [4.69, 9.17) is 0 Å². The Morgan fingerprint density at radius 1 is 1.15 bits per heavy atom. The lowest BCUT2D eigenvalue weighted by Gasteiger charge is -2.20. The molecule has 0 spiro atoms. The molecule has 0 fully saturated rings. The van der Waals surface area contributed by atoms with E-state index in [-0.39, 0.29) is 5.91 Å². The molecule has 1 amide bonds. The normalized spacial score (nSPS) is 11.8. The highest BCUT2D eigenvalue weighted by atomic mass is 19.1. The van der Waals surface area contributed by atoms with Crippen LogP contribution in [-0.4, -0.2) is 22.8 Å². The van der Waals surface area contributed by atoms with Crippen molar-refractivity contribution in [3.8, 4) is 11.1 Å². The minimum atomic E-state index is -0.467. The molecule has 0 atom stereocenters. The Hall–Kier alpha value is -3.01. The third kappa shape index (κ3) is 3.35. The fourth-order valence-corrected chi connectivity index (χ4v) is 3.82. The maximum absolute atomic E-state index is 13.6. The van der Waals surface area contributed by atoms with E-state index in [9.17, 15) is 9.18 Å². The van der Waals surface area contributed by atoms with Gasteiger partial charge in [-0.05, 0) is 63.9 Å². The van der Waals surface area contributed by atoms with Gasteiger partial charge >= 0.3 is 0 Å². The summed E-state index contributed by atoms with van der Waals surface area (Å²) in [5.41, 5.74) is 8.28. The average Bonchev–Trinajstić information content (AvgIpc) is 3.02. The fraction of sp³-hybridized carbons (Fsp3) is 0.217. The summed E-state index contributed by atoms with van der Waals surface area (Å²) in [6.07, 6.45) is 2.99. The number of rotatable bonds is 4. The summed E-state index contributed by atoms with van der Waals surface area (Å²) in [5.74, 6) is -0.439. The predicted molar refractivity (Wildman–Crippen MR) is 104 cm³/mol. The number of nitrogens with zero attached hydrogens (tertiary/aromatic N) is 2. The quantitative estimate of drug-likeness (QED) is 0.507. The first-order valence-electron chi connectivity index (χ1n) is 9.07. The molecule has 1 aliphatic carbocycles. The first-order valence-corrected chi connectivity index (χ1v) is 9.07. The topological polar surface area (TPSA) is 33.2 Å². The monoisotopic (exact) mass is 360 g/mol. The molecule has 0 unspecified atom stereocenters. The predicted octanol–water partition coefficient (Wildman–Crippen LogP) is 4.36. The molecule has 0 aliphatic heterocycles. The standard InChI is InChI=1S/C23H21FN2O/c1-15(27)26(2)14-18-7-8-20-19-6-4-3-5-17(19)13-22(20)21(18)11-16-9-10-25-23(24)12-16/h3-10,12H,11,13-14H2,1-2H3. The van der Waals surface area contributed by atoms with Gasteiger partial charge in [-0.1, -0.05) is 36.4 Å². The van der Waals surface area contributed by atoms with Gasteiger partial charge in [0.2, 0.25) is 11.9 Å². The number of hydrogen-bond donors (Lipinski definition) is 0. The van der Waals surface area contributed by atoms with Crippen LogP contribution in [0.15, 0.2) is 54.7 Å². The molecule has 1 heterocycles. The lowest BCUT2D eigenvalue weighted by atomic mass is 9.91. The number of amides is 1. The van der Waals surface area contributed by atoms with E-state index in [1.807, 2.05) is 6.07 Å². The molecular weight excluding hydrogens is 339 g/mol. The van der Waals surface area contributed by atoms with Crippen molar-refractivity contribution in [3.05, 3.63) is 88.5 Å². The molecule has 1 aromatic heterocycles. The van der Waals surface area contributed by atoms with Crippen LogP contribution >= 0.6 is 0 Å². The summed E-state index contributed by atoms with van der Waals surface area (Å²) < 4.78 is 13.6. The lowest BCUT2D eigenvalue weighted by Crippen LogP contribution is -2.24. The molecule has 3 aromatic rings. The first-order chi connectivity index (χ1) is 13.0. The molecule has 4 rings (SSSR count). The number of aromatic nitrogens is 1.